The summed E-state index contributed by atoms with van der Waals surface area (Å²) in [6.45, 7) is 5.75. The molecule has 0 aliphatic carbocycles. The predicted molar refractivity (Wildman–Crippen MR) is 80.4 cm³/mol. The monoisotopic (exact) mass is 309 g/mol. The molecule has 0 radical (unpaired) electrons. The van der Waals surface area contributed by atoms with Crippen molar-refractivity contribution in [2.24, 2.45) is 5.92 Å². The predicted octanol–water partition coefficient (Wildman–Crippen LogP) is 2.68. The molecule has 4 heteroatoms. The number of nitrogens with one attached hydrogen (secondary N) is 2. The summed E-state index contributed by atoms with van der Waals surface area (Å²) >= 11 is 3.57. The lowest BCUT2D eigenvalue weighted by atomic mass is 10.0. The zero-order chi connectivity index (χ0) is 12.4. The fraction of sp³-hybridized carbons (Fsp3) is 0.571. The molecule has 0 spiro atoms. The molecule has 0 bridgehead atoms. The third-order valence-corrected chi connectivity index (χ3v) is 4.46. The second kappa shape index (κ2) is 5.49. The number of benzene rings is 1. The lowest BCUT2D eigenvalue weighted by Gasteiger charge is -2.33. The summed E-state index contributed by atoms with van der Waals surface area (Å²) in [7, 11) is 0. The zero-order valence-electron chi connectivity index (χ0n) is 10.6. The number of hydrogen-bond donors (Lipinski definition) is 2. The van der Waals surface area contributed by atoms with E-state index >= 15 is 0 Å². The molecule has 1 fully saturated rings. The highest BCUT2D eigenvalue weighted by atomic mass is 79.9. The van der Waals surface area contributed by atoms with E-state index in [0.717, 1.165) is 23.5 Å². The van der Waals surface area contributed by atoms with E-state index in [1.807, 2.05) is 0 Å². The maximum atomic E-state index is 3.57. The van der Waals surface area contributed by atoms with Crippen LogP contribution in [0.15, 0.2) is 22.7 Å². The summed E-state index contributed by atoms with van der Waals surface area (Å²) in [5, 5.41) is 6.92. The standard InChI is InChI=1S/C14H20BrN3/c15-12-1-2-13-14(9-12)18(8-6-17-13)7-4-11-3-5-16-10-11/h1-2,9,11,16-17H,3-8,10H2. The molecule has 3 rings (SSSR count). The Morgan fingerprint density at radius 1 is 1.33 bits per heavy atom. The maximum absolute atomic E-state index is 3.57. The van der Waals surface area contributed by atoms with Crippen LogP contribution in [-0.2, 0) is 0 Å². The first-order valence-corrected chi connectivity index (χ1v) is 7.61. The zero-order valence-corrected chi connectivity index (χ0v) is 12.2. The van der Waals surface area contributed by atoms with Crippen molar-refractivity contribution in [2.45, 2.75) is 12.8 Å². The average molecular weight is 310 g/mol. The molecule has 0 amide bonds. The molecule has 1 atom stereocenters. The van der Waals surface area contributed by atoms with Gasteiger partial charge in [0.15, 0.2) is 0 Å². The smallest absolute Gasteiger partial charge is 0.0613 e. The highest BCUT2D eigenvalue weighted by Crippen LogP contribution is 2.32. The van der Waals surface area contributed by atoms with Crippen LogP contribution < -0.4 is 15.5 Å². The minimum atomic E-state index is 0.871. The van der Waals surface area contributed by atoms with E-state index in [0.29, 0.717) is 0 Å². The van der Waals surface area contributed by atoms with Crippen LogP contribution in [0.4, 0.5) is 11.4 Å². The van der Waals surface area contributed by atoms with Crippen molar-refractivity contribution < 1.29 is 0 Å². The largest absolute Gasteiger partial charge is 0.382 e. The molecule has 98 valence electrons. The number of nitrogens with zero attached hydrogens (tertiary/aromatic N) is 1. The molecule has 2 N–H and O–H groups in total. The van der Waals surface area contributed by atoms with Crippen molar-refractivity contribution in [3.8, 4) is 0 Å². The van der Waals surface area contributed by atoms with E-state index in [2.05, 4.69) is 49.7 Å². The van der Waals surface area contributed by atoms with Crippen LogP contribution in [0.25, 0.3) is 0 Å². The number of anilines is 2. The van der Waals surface area contributed by atoms with Crippen LogP contribution in [-0.4, -0.2) is 32.7 Å². The Hall–Kier alpha value is -0.740. The molecule has 2 aliphatic heterocycles. The lowest BCUT2D eigenvalue weighted by Crippen LogP contribution is -2.35. The Kier molecular flexibility index (Phi) is 3.75. The normalized spacial score (nSPS) is 22.7. The SMILES string of the molecule is Brc1ccc2c(c1)N(CCC1CCNC1)CCN2. The molecule has 2 heterocycles. The summed E-state index contributed by atoms with van der Waals surface area (Å²) in [6, 6.07) is 6.51. The van der Waals surface area contributed by atoms with Gasteiger partial charge in [-0.15, -0.1) is 0 Å². The van der Waals surface area contributed by atoms with Crippen molar-refractivity contribution in [2.75, 3.05) is 42.9 Å². The summed E-state index contributed by atoms with van der Waals surface area (Å²) in [6.07, 6.45) is 2.65. The van der Waals surface area contributed by atoms with Gasteiger partial charge < -0.3 is 15.5 Å². The number of fused-ring (bicyclic) bond motifs is 1. The van der Waals surface area contributed by atoms with Crippen molar-refractivity contribution in [3.05, 3.63) is 22.7 Å². The molecule has 3 nitrogen and oxygen atoms in total. The fourth-order valence-corrected chi connectivity index (χ4v) is 3.24. The van der Waals surface area contributed by atoms with Crippen LogP contribution in [0.3, 0.4) is 0 Å². The summed E-state index contributed by atoms with van der Waals surface area (Å²) in [5.74, 6) is 0.871. The van der Waals surface area contributed by atoms with Gasteiger partial charge in [-0.3, -0.25) is 0 Å². The molecule has 0 aromatic heterocycles. The van der Waals surface area contributed by atoms with Gasteiger partial charge in [0, 0.05) is 24.1 Å². The molecular formula is C14H20BrN3. The van der Waals surface area contributed by atoms with Crippen molar-refractivity contribution in [3.63, 3.8) is 0 Å². The summed E-state index contributed by atoms with van der Waals surface area (Å²) < 4.78 is 1.16. The molecule has 1 unspecified atom stereocenters. The Morgan fingerprint density at radius 3 is 3.11 bits per heavy atom. The van der Waals surface area contributed by atoms with Gasteiger partial charge in [-0.1, -0.05) is 15.9 Å². The van der Waals surface area contributed by atoms with Gasteiger partial charge in [0.2, 0.25) is 0 Å². The van der Waals surface area contributed by atoms with Gasteiger partial charge in [0.1, 0.15) is 0 Å². The number of rotatable bonds is 3. The Labute approximate surface area is 117 Å². The van der Waals surface area contributed by atoms with Gasteiger partial charge in [-0.2, -0.15) is 0 Å². The summed E-state index contributed by atoms with van der Waals surface area (Å²) in [4.78, 5) is 2.52. The van der Waals surface area contributed by atoms with Crippen molar-refractivity contribution >= 4 is 27.3 Å². The van der Waals surface area contributed by atoms with Crippen LogP contribution >= 0.6 is 15.9 Å². The Morgan fingerprint density at radius 2 is 2.28 bits per heavy atom. The molecule has 0 saturated carbocycles. The summed E-state index contributed by atoms with van der Waals surface area (Å²) in [5.41, 5.74) is 2.62. The van der Waals surface area contributed by atoms with Crippen LogP contribution in [0.1, 0.15) is 12.8 Å². The highest BCUT2D eigenvalue weighted by Gasteiger charge is 2.19. The lowest BCUT2D eigenvalue weighted by molar-refractivity contribution is 0.525. The maximum Gasteiger partial charge on any atom is 0.0613 e. The average Bonchev–Trinajstić information content (AvgIpc) is 2.89. The minimum Gasteiger partial charge on any atom is -0.382 e. The minimum absolute atomic E-state index is 0.871. The van der Waals surface area contributed by atoms with E-state index in [9.17, 15) is 0 Å². The first-order chi connectivity index (χ1) is 8.83. The van der Waals surface area contributed by atoms with E-state index in [4.69, 9.17) is 0 Å². The highest BCUT2D eigenvalue weighted by molar-refractivity contribution is 9.10. The van der Waals surface area contributed by atoms with Gasteiger partial charge in [0.25, 0.3) is 0 Å². The van der Waals surface area contributed by atoms with E-state index in [-0.39, 0.29) is 0 Å². The van der Waals surface area contributed by atoms with E-state index in [1.54, 1.807) is 0 Å². The molecule has 18 heavy (non-hydrogen) atoms. The molecule has 1 aromatic rings. The van der Waals surface area contributed by atoms with Crippen LogP contribution in [0.5, 0.6) is 0 Å². The Bertz CT molecular complexity index is 416. The third-order valence-electron chi connectivity index (χ3n) is 3.97. The van der Waals surface area contributed by atoms with Crippen molar-refractivity contribution in [1.29, 1.82) is 0 Å². The molecule has 1 saturated heterocycles. The van der Waals surface area contributed by atoms with Gasteiger partial charge in [-0.25, -0.2) is 0 Å². The second-order valence-electron chi connectivity index (χ2n) is 5.22. The Balaban J connectivity index is 1.68. The van der Waals surface area contributed by atoms with Crippen molar-refractivity contribution in [1.82, 2.24) is 5.32 Å². The first-order valence-electron chi connectivity index (χ1n) is 6.82. The van der Waals surface area contributed by atoms with E-state index in [1.165, 1.54) is 43.9 Å². The van der Waals surface area contributed by atoms with Crippen LogP contribution in [0.2, 0.25) is 0 Å². The van der Waals surface area contributed by atoms with E-state index < -0.39 is 0 Å². The number of hydrogen-bond acceptors (Lipinski definition) is 3. The van der Waals surface area contributed by atoms with Gasteiger partial charge >= 0.3 is 0 Å². The van der Waals surface area contributed by atoms with Gasteiger partial charge in [-0.05, 0) is 50.0 Å². The number of halogens is 1. The quantitative estimate of drug-likeness (QED) is 0.899. The topological polar surface area (TPSA) is 27.3 Å². The third kappa shape index (κ3) is 2.64. The van der Waals surface area contributed by atoms with Crippen LogP contribution in [0, 0.1) is 5.92 Å². The fourth-order valence-electron chi connectivity index (χ4n) is 2.89. The molecular weight excluding hydrogens is 290 g/mol. The van der Waals surface area contributed by atoms with Gasteiger partial charge in [0.05, 0.1) is 11.4 Å². The first kappa shape index (κ1) is 12.3. The molecule has 2 aliphatic rings. The second-order valence-corrected chi connectivity index (χ2v) is 6.14. The molecule has 1 aromatic carbocycles.